The summed E-state index contributed by atoms with van der Waals surface area (Å²) in [6.45, 7) is 1.22. The van der Waals surface area contributed by atoms with E-state index in [1.807, 2.05) is 0 Å². The zero-order valence-corrected chi connectivity index (χ0v) is 7.79. The maximum absolute atomic E-state index is 13.2. The maximum Gasteiger partial charge on any atom is 0.230 e. The fourth-order valence-corrected chi connectivity index (χ4v) is 1.54. The third-order valence-electron chi connectivity index (χ3n) is 2.17. The first-order chi connectivity index (χ1) is 7.02. The number of rotatable bonds is 0. The van der Waals surface area contributed by atoms with Crippen molar-refractivity contribution in [3.63, 3.8) is 0 Å². The van der Waals surface area contributed by atoms with Crippen LogP contribution < -0.4 is 0 Å². The summed E-state index contributed by atoms with van der Waals surface area (Å²) in [4.78, 5) is 11.1. The molecule has 0 spiro atoms. The molecule has 2 rings (SSSR count). The van der Waals surface area contributed by atoms with Gasteiger partial charge < -0.3 is 5.11 Å². The Balaban J connectivity index is 2.91. The summed E-state index contributed by atoms with van der Waals surface area (Å²) < 4.78 is 27.0. The fourth-order valence-electron chi connectivity index (χ4n) is 1.54. The molecule has 2 aromatic rings. The van der Waals surface area contributed by atoms with Crippen LogP contribution in [0.5, 0.6) is 5.88 Å². The van der Waals surface area contributed by atoms with Crippen molar-refractivity contribution in [2.45, 2.75) is 6.92 Å². The van der Waals surface area contributed by atoms with Crippen LogP contribution in [0.2, 0.25) is 0 Å². The number of aromatic hydroxyl groups is 1. The summed E-state index contributed by atoms with van der Waals surface area (Å²) in [7, 11) is 0. The summed E-state index contributed by atoms with van der Waals surface area (Å²) >= 11 is 0. The minimum Gasteiger partial charge on any atom is -0.494 e. The monoisotopic (exact) mass is 211 g/mol. The number of fused-ring (bicyclic) bond motifs is 1. The average Bonchev–Trinajstić information content (AvgIpc) is 2.49. The summed E-state index contributed by atoms with van der Waals surface area (Å²) in [6, 6.07) is 3.18. The number of carbonyl (C=O) groups is 1. The Kier molecular flexibility index (Phi) is 1.96. The normalized spacial score (nSPS) is 10.9. The maximum atomic E-state index is 13.2. The Morgan fingerprint density at radius 1 is 1.40 bits per heavy atom. The molecule has 78 valence electrons. The van der Waals surface area contributed by atoms with Gasteiger partial charge in [-0.3, -0.25) is 9.36 Å². The number of nitrogens with zero attached hydrogens (tertiary/aromatic N) is 1. The number of benzene rings is 1. The van der Waals surface area contributed by atoms with Crippen LogP contribution in [0.25, 0.3) is 10.9 Å². The highest BCUT2D eigenvalue weighted by atomic mass is 19.2. The topological polar surface area (TPSA) is 42.2 Å². The van der Waals surface area contributed by atoms with Gasteiger partial charge in [-0.2, -0.15) is 0 Å². The number of halogens is 2. The Morgan fingerprint density at radius 3 is 2.67 bits per heavy atom. The van der Waals surface area contributed by atoms with Gasteiger partial charge in [0.15, 0.2) is 17.5 Å². The quantitative estimate of drug-likeness (QED) is 0.726. The second-order valence-corrected chi connectivity index (χ2v) is 3.15. The van der Waals surface area contributed by atoms with E-state index >= 15 is 0 Å². The number of carbonyl (C=O) groups excluding carboxylic acids is 1. The second-order valence-electron chi connectivity index (χ2n) is 3.15. The highest BCUT2D eigenvalue weighted by Gasteiger charge is 2.16. The molecule has 0 bridgehead atoms. The summed E-state index contributed by atoms with van der Waals surface area (Å²) in [6.07, 6.45) is 0. The van der Waals surface area contributed by atoms with Crippen LogP contribution in [0.1, 0.15) is 11.7 Å². The first-order valence-corrected chi connectivity index (χ1v) is 4.21. The SMILES string of the molecule is CC(=O)n1c(O)cc2c(F)c(F)ccc21. The third kappa shape index (κ3) is 1.27. The van der Waals surface area contributed by atoms with E-state index in [1.54, 1.807) is 0 Å². The van der Waals surface area contributed by atoms with E-state index in [1.165, 1.54) is 13.0 Å². The molecule has 0 aliphatic heterocycles. The van der Waals surface area contributed by atoms with Crippen molar-refractivity contribution in [1.82, 2.24) is 4.57 Å². The van der Waals surface area contributed by atoms with Gasteiger partial charge in [-0.25, -0.2) is 8.78 Å². The molecule has 1 N–H and O–H groups in total. The van der Waals surface area contributed by atoms with Crippen molar-refractivity contribution >= 4 is 16.8 Å². The van der Waals surface area contributed by atoms with Gasteiger partial charge >= 0.3 is 0 Å². The Labute approximate surface area is 83.5 Å². The molecule has 0 unspecified atom stereocenters. The lowest BCUT2D eigenvalue weighted by atomic mass is 10.2. The first-order valence-electron chi connectivity index (χ1n) is 4.21. The Bertz CT molecular complexity index is 560. The van der Waals surface area contributed by atoms with Crippen LogP contribution in [0, 0.1) is 11.6 Å². The van der Waals surface area contributed by atoms with Crippen LogP contribution in [0.4, 0.5) is 8.78 Å². The zero-order valence-electron chi connectivity index (χ0n) is 7.79. The summed E-state index contributed by atoms with van der Waals surface area (Å²) in [5, 5.41) is 9.26. The molecular weight excluding hydrogens is 204 g/mol. The standard InChI is InChI=1S/C10H7F2NO2/c1-5(14)13-8-3-2-7(11)10(12)6(8)4-9(13)15/h2-4,15H,1H3. The van der Waals surface area contributed by atoms with Crippen molar-refractivity contribution in [3.05, 3.63) is 29.8 Å². The average molecular weight is 211 g/mol. The predicted molar refractivity (Wildman–Crippen MR) is 49.8 cm³/mol. The highest BCUT2D eigenvalue weighted by Crippen LogP contribution is 2.27. The van der Waals surface area contributed by atoms with Crippen LogP contribution in [-0.4, -0.2) is 15.6 Å². The summed E-state index contributed by atoms with van der Waals surface area (Å²) in [5.74, 6) is -2.94. The highest BCUT2D eigenvalue weighted by molar-refractivity contribution is 5.94. The van der Waals surface area contributed by atoms with Gasteiger partial charge in [-0.15, -0.1) is 0 Å². The molecule has 0 saturated carbocycles. The Morgan fingerprint density at radius 2 is 2.07 bits per heavy atom. The van der Waals surface area contributed by atoms with Crippen LogP contribution in [0.3, 0.4) is 0 Å². The molecule has 1 heterocycles. The minimum atomic E-state index is -1.07. The molecule has 0 fully saturated rings. The molecule has 1 aromatic heterocycles. The minimum absolute atomic E-state index is 0.109. The molecule has 0 amide bonds. The van der Waals surface area contributed by atoms with Gasteiger partial charge in [-0.1, -0.05) is 0 Å². The number of hydrogen-bond acceptors (Lipinski definition) is 2. The largest absolute Gasteiger partial charge is 0.494 e. The second kappa shape index (κ2) is 3.05. The van der Waals surface area contributed by atoms with E-state index in [9.17, 15) is 18.7 Å². The van der Waals surface area contributed by atoms with Crippen molar-refractivity contribution in [3.8, 4) is 5.88 Å². The van der Waals surface area contributed by atoms with Crippen LogP contribution in [0.15, 0.2) is 18.2 Å². The fraction of sp³-hybridized carbons (Fsp3) is 0.100. The van der Waals surface area contributed by atoms with Crippen molar-refractivity contribution in [2.24, 2.45) is 0 Å². The van der Waals surface area contributed by atoms with E-state index in [0.717, 1.165) is 16.7 Å². The molecule has 0 atom stereocenters. The van der Waals surface area contributed by atoms with E-state index < -0.39 is 23.4 Å². The van der Waals surface area contributed by atoms with Crippen LogP contribution in [-0.2, 0) is 0 Å². The molecule has 0 aliphatic rings. The number of hydrogen-bond donors (Lipinski definition) is 1. The third-order valence-corrected chi connectivity index (χ3v) is 2.17. The molecule has 0 radical (unpaired) electrons. The molecular formula is C10H7F2NO2. The lowest BCUT2D eigenvalue weighted by molar-refractivity contribution is 0.0933. The predicted octanol–water partition coefficient (Wildman–Crippen LogP) is 2.29. The molecule has 15 heavy (non-hydrogen) atoms. The van der Waals surface area contributed by atoms with Crippen LogP contribution >= 0.6 is 0 Å². The molecule has 0 aliphatic carbocycles. The van der Waals surface area contributed by atoms with Gasteiger partial charge in [0.1, 0.15) is 0 Å². The van der Waals surface area contributed by atoms with Crippen molar-refractivity contribution in [1.29, 1.82) is 0 Å². The molecule has 1 aromatic carbocycles. The van der Waals surface area contributed by atoms with E-state index in [4.69, 9.17) is 0 Å². The lowest BCUT2D eigenvalue weighted by Crippen LogP contribution is -2.04. The van der Waals surface area contributed by atoms with E-state index in [2.05, 4.69) is 0 Å². The lowest BCUT2D eigenvalue weighted by Gasteiger charge is -2.00. The van der Waals surface area contributed by atoms with Crippen molar-refractivity contribution in [2.75, 3.05) is 0 Å². The zero-order chi connectivity index (χ0) is 11.2. The smallest absolute Gasteiger partial charge is 0.230 e. The first kappa shape index (κ1) is 9.64. The van der Waals surface area contributed by atoms with Gasteiger partial charge in [0.2, 0.25) is 5.91 Å². The Hall–Kier alpha value is -1.91. The molecule has 5 heteroatoms. The van der Waals surface area contributed by atoms with Gasteiger partial charge in [0.25, 0.3) is 0 Å². The van der Waals surface area contributed by atoms with Gasteiger partial charge in [0, 0.05) is 18.4 Å². The summed E-state index contributed by atoms with van der Waals surface area (Å²) in [5.41, 5.74) is 0.152. The van der Waals surface area contributed by atoms with E-state index in [0.29, 0.717) is 0 Å². The van der Waals surface area contributed by atoms with Gasteiger partial charge in [-0.05, 0) is 12.1 Å². The number of aromatic nitrogens is 1. The van der Waals surface area contributed by atoms with Gasteiger partial charge in [0.05, 0.1) is 5.52 Å². The van der Waals surface area contributed by atoms with Crippen molar-refractivity contribution < 1.29 is 18.7 Å². The van der Waals surface area contributed by atoms with E-state index in [-0.39, 0.29) is 10.9 Å². The molecule has 0 saturated heterocycles. The molecule has 3 nitrogen and oxygen atoms in total.